The van der Waals surface area contributed by atoms with Crippen molar-refractivity contribution in [2.24, 2.45) is 29.4 Å². The maximum atomic E-state index is 14.6. The van der Waals surface area contributed by atoms with Crippen LogP contribution in [0.15, 0.2) is 6.07 Å². The van der Waals surface area contributed by atoms with Crippen LogP contribution in [0.1, 0.15) is 52.4 Å². The smallest absolute Gasteiger partial charge is 0.417 e. The van der Waals surface area contributed by atoms with Crippen LogP contribution in [0, 0.1) is 23.7 Å². The molecule has 1 aliphatic heterocycles. The number of aromatic hydroxyl groups is 1. The third kappa shape index (κ3) is 3.77. The first-order chi connectivity index (χ1) is 18.5. The number of hydrogen-bond donors (Lipinski definition) is 3. The fourth-order valence-electron chi connectivity index (χ4n) is 7.61. The number of Topliss-reactive ketones (excluding diaryl/α,β-unsaturated/α-hetero) is 4. The molecule has 7 atom stereocenters. The number of rotatable bonds is 3. The zero-order valence-electron chi connectivity index (χ0n) is 22.1. The number of carbonyl (C=O) groups is 5. The van der Waals surface area contributed by atoms with Crippen molar-refractivity contribution in [2.45, 2.75) is 49.5 Å². The van der Waals surface area contributed by atoms with E-state index in [1.54, 1.807) is 11.9 Å². The number of benzene rings is 1. The number of phenols is 1. The summed E-state index contributed by atoms with van der Waals surface area (Å²) in [5.41, 5.74) is 0.0504. The minimum atomic E-state index is -4.89. The van der Waals surface area contributed by atoms with Crippen LogP contribution < -0.4 is 5.73 Å². The van der Waals surface area contributed by atoms with E-state index in [0.29, 0.717) is 19.4 Å². The van der Waals surface area contributed by atoms with Gasteiger partial charge in [-0.3, -0.25) is 33.8 Å². The number of ketones is 4. The van der Waals surface area contributed by atoms with Gasteiger partial charge in [-0.15, -0.1) is 0 Å². The average molecular weight is 566 g/mol. The lowest BCUT2D eigenvalue weighted by molar-refractivity contribution is -0.181. The molecule has 1 heterocycles. The van der Waals surface area contributed by atoms with Gasteiger partial charge in [0.25, 0.3) is 0 Å². The van der Waals surface area contributed by atoms with Crippen LogP contribution in [0.4, 0.5) is 13.2 Å². The number of nitrogens with two attached hydrogens (primary N) is 1. The van der Waals surface area contributed by atoms with Crippen LogP contribution in [-0.2, 0) is 31.8 Å². The summed E-state index contributed by atoms with van der Waals surface area (Å²) in [4.78, 5) is 69.1. The van der Waals surface area contributed by atoms with Gasteiger partial charge >= 0.3 is 6.18 Å². The zero-order chi connectivity index (χ0) is 29.6. The molecule has 0 aromatic heterocycles. The number of amides is 1. The minimum Gasteiger partial charge on any atom is -0.507 e. The van der Waals surface area contributed by atoms with Gasteiger partial charge in [0, 0.05) is 12.0 Å². The highest BCUT2D eigenvalue weighted by atomic mass is 19.4. The maximum Gasteiger partial charge on any atom is 0.417 e. The Morgan fingerprint density at radius 1 is 1.18 bits per heavy atom. The van der Waals surface area contributed by atoms with Gasteiger partial charge in [-0.25, -0.2) is 0 Å². The molecule has 13 heteroatoms. The normalized spacial score (nSPS) is 34.6. The molecule has 4 aliphatic rings. The summed E-state index contributed by atoms with van der Waals surface area (Å²) < 4.78 is 43.9. The molecule has 40 heavy (non-hydrogen) atoms. The Labute approximate surface area is 227 Å². The molecule has 2 saturated carbocycles. The molecule has 7 unspecified atom stereocenters. The molecular weight excluding hydrogens is 535 g/mol. The van der Waals surface area contributed by atoms with E-state index < -0.39 is 105 Å². The summed E-state index contributed by atoms with van der Waals surface area (Å²) in [5.74, 6) is -13.3. The highest BCUT2D eigenvalue weighted by molar-refractivity contribution is 6.32. The van der Waals surface area contributed by atoms with E-state index in [-0.39, 0.29) is 12.0 Å². The van der Waals surface area contributed by atoms with Gasteiger partial charge in [0.2, 0.25) is 5.91 Å². The van der Waals surface area contributed by atoms with E-state index in [4.69, 9.17) is 5.73 Å². The van der Waals surface area contributed by atoms with Gasteiger partial charge in [0.15, 0.2) is 34.7 Å². The number of primary amides is 1. The second-order valence-corrected chi connectivity index (χ2v) is 11.6. The summed E-state index contributed by atoms with van der Waals surface area (Å²) >= 11 is 0. The summed E-state index contributed by atoms with van der Waals surface area (Å²) in [7, 11) is 4.53. The topological polar surface area (TPSA) is 158 Å². The summed E-state index contributed by atoms with van der Waals surface area (Å²) in [5, 5.41) is 22.4. The van der Waals surface area contributed by atoms with Crippen LogP contribution in [0.2, 0.25) is 0 Å². The van der Waals surface area contributed by atoms with Crippen molar-refractivity contribution >= 4 is 29.0 Å². The van der Waals surface area contributed by atoms with Gasteiger partial charge in [-0.05, 0) is 76.5 Å². The van der Waals surface area contributed by atoms with E-state index in [1.807, 2.05) is 0 Å². The maximum absolute atomic E-state index is 14.6. The summed E-state index contributed by atoms with van der Waals surface area (Å²) in [6.07, 6.45) is -4.59. The number of aliphatic hydroxyl groups is 1. The standard InChI is InChI=1S/C27H30F3N3O7/c1-32(2)20-13-8-10-7-12-17(15(34)9-11(19(12)27(28,29)30)14-5-4-6-33(14)3)21(35)16(10)23(37)26(13,40)24(38)18(22(20)36)25(31)39/h9-10,13-14,16,18,20,34,40H,4-8H2,1-3H3,(H2,31,39). The van der Waals surface area contributed by atoms with Crippen molar-refractivity contribution in [2.75, 3.05) is 27.7 Å². The van der Waals surface area contributed by atoms with Crippen LogP contribution in [0.25, 0.3) is 0 Å². The molecule has 1 aromatic rings. The van der Waals surface area contributed by atoms with E-state index in [1.165, 1.54) is 19.0 Å². The van der Waals surface area contributed by atoms with Crippen LogP contribution >= 0.6 is 0 Å². The predicted molar refractivity (Wildman–Crippen MR) is 131 cm³/mol. The largest absolute Gasteiger partial charge is 0.507 e. The third-order valence-electron chi connectivity index (χ3n) is 9.26. The lowest BCUT2D eigenvalue weighted by Crippen LogP contribution is -2.74. The van der Waals surface area contributed by atoms with E-state index >= 15 is 0 Å². The fraction of sp³-hybridized carbons (Fsp3) is 0.593. The molecule has 216 valence electrons. The van der Waals surface area contributed by atoms with Crippen molar-refractivity contribution in [3.8, 4) is 5.75 Å². The molecule has 10 nitrogen and oxygen atoms in total. The Balaban J connectivity index is 1.69. The van der Waals surface area contributed by atoms with Crippen molar-refractivity contribution in [1.29, 1.82) is 0 Å². The van der Waals surface area contributed by atoms with E-state index in [9.17, 15) is 47.4 Å². The van der Waals surface area contributed by atoms with Gasteiger partial charge in [0.1, 0.15) is 5.75 Å². The second kappa shape index (κ2) is 9.18. The first-order valence-electron chi connectivity index (χ1n) is 13.0. The van der Waals surface area contributed by atoms with Crippen molar-refractivity contribution in [1.82, 2.24) is 9.80 Å². The Kier molecular flexibility index (Phi) is 6.51. The Bertz CT molecular complexity index is 1360. The number of carbonyl (C=O) groups excluding carboxylic acids is 5. The average Bonchev–Trinajstić information content (AvgIpc) is 3.25. The molecular formula is C27H30F3N3O7. The molecule has 4 N–H and O–H groups in total. The van der Waals surface area contributed by atoms with Gasteiger partial charge in [0.05, 0.1) is 23.1 Å². The molecule has 3 aliphatic carbocycles. The fourth-order valence-corrected chi connectivity index (χ4v) is 7.61. The van der Waals surface area contributed by atoms with Crippen molar-refractivity contribution < 1.29 is 47.4 Å². The number of hydrogen-bond acceptors (Lipinski definition) is 9. The Hall–Kier alpha value is -3.16. The number of alkyl halides is 3. The predicted octanol–water partition coefficient (Wildman–Crippen LogP) is 0.653. The van der Waals surface area contributed by atoms with Gasteiger partial charge in [-0.2, -0.15) is 13.2 Å². The monoisotopic (exact) mass is 565 g/mol. The van der Waals surface area contributed by atoms with Crippen LogP contribution in [-0.4, -0.2) is 88.4 Å². The highest BCUT2D eigenvalue weighted by Crippen LogP contribution is 2.53. The molecule has 1 aromatic carbocycles. The number of phenolic OH excluding ortho intramolecular Hbond substituents is 1. The highest BCUT2D eigenvalue weighted by Gasteiger charge is 2.69. The van der Waals surface area contributed by atoms with Crippen LogP contribution in [0.3, 0.4) is 0 Å². The second-order valence-electron chi connectivity index (χ2n) is 11.6. The SMILES string of the molecule is CN(C)C1C(=O)C(C(N)=O)C(=O)C2(O)C(=O)C3C(=O)c4c(O)cc(C5CCCN5C)c(C(F)(F)F)c4CC3CC12. The first kappa shape index (κ1) is 28.4. The number of likely N-dealkylation sites (N-methyl/N-ethyl adjacent to an activating group) is 1. The summed E-state index contributed by atoms with van der Waals surface area (Å²) in [6, 6.07) is -1.06. The number of halogens is 3. The third-order valence-corrected chi connectivity index (χ3v) is 9.26. The molecule has 5 rings (SSSR count). The Morgan fingerprint density at radius 2 is 1.82 bits per heavy atom. The lowest BCUT2D eigenvalue weighted by Gasteiger charge is -2.52. The van der Waals surface area contributed by atoms with Gasteiger partial charge < -0.3 is 15.9 Å². The van der Waals surface area contributed by atoms with E-state index in [0.717, 1.165) is 6.07 Å². The molecule has 0 bridgehead atoms. The van der Waals surface area contributed by atoms with Crippen molar-refractivity contribution in [3.63, 3.8) is 0 Å². The molecule has 3 fully saturated rings. The molecule has 1 saturated heterocycles. The first-order valence-corrected chi connectivity index (χ1v) is 13.0. The van der Waals surface area contributed by atoms with Gasteiger partial charge in [-0.1, -0.05) is 0 Å². The number of likely N-dealkylation sites (tertiary alicyclic amines) is 1. The molecule has 0 radical (unpaired) electrons. The lowest BCUT2D eigenvalue weighted by atomic mass is 9.52. The molecule has 1 amide bonds. The van der Waals surface area contributed by atoms with Crippen LogP contribution in [0.5, 0.6) is 5.75 Å². The number of nitrogens with zero attached hydrogens (tertiary/aromatic N) is 2. The quantitative estimate of drug-likeness (QED) is 0.448. The Morgan fingerprint density at radius 3 is 2.35 bits per heavy atom. The minimum absolute atomic E-state index is 0.160. The van der Waals surface area contributed by atoms with E-state index in [2.05, 4.69) is 0 Å². The summed E-state index contributed by atoms with van der Waals surface area (Å²) in [6.45, 7) is 0.554. The molecule has 0 spiro atoms. The van der Waals surface area contributed by atoms with Crippen molar-refractivity contribution in [3.05, 3.63) is 28.3 Å². The number of fused-ring (bicyclic) bond motifs is 3. The zero-order valence-corrected chi connectivity index (χ0v) is 22.1.